The van der Waals surface area contributed by atoms with E-state index in [0.29, 0.717) is 28.5 Å². The molecule has 1 aromatic heterocycles. The van der Waals surface area contributed by atoms with E-state index in [1.807, 2.05) is 24.3 Å². The molecule has 0 radical (unpaired) electrons. The molecular weight excluding hydrogens is 476 g/mol. The highest BCUT2D eigenvalue weighted by atomic mass is 35.5. The summed E-state index contributed by atoms with van der Waals surface area (Å²) in [6.07, 6.45) is 3.45. The molecule has 3 aromatic rings. The lowest BCUT2D eigenvalue weighted by Crippen LogP contribution is -2.36. The number of rotatable bonds is 5. The zero-order valence-electron chi connectivity index (χ0n) is 20.0. The molecule has 1 unspecified atom stereocenters. The molecule has 1 saturated heterocycles. The van der Waals surface area contributed by atoms with Crippen molar-refractivity contribution in [2.75, 3.05) is 34.8 Å². The normalized spacial score (nSPS) is 17.6. The highest BCUT2D eigenvalue weighted by Gasteiger charge is 2.23. The van der Waals surface area contributed by atoms with Crippen LogP contribution >= 0.6 is 23.8 Å². The lowest BCUT2D eigenvalue weighted by Gasteiger charge is -2.34. The largest absolute Gasteiger partial charge is 0.358 e. The van der Waals surface area contributed by atoms with Crippen LogP contribution in [0.2, 0.25) is 5.02 Å². The Kier molecular flexibility index (Phi) is 7.35. The average molecular weight is 507 g/mol. The van der Waals surface area contributed by atoms with Gasteiger partial charge in [0.15, 0.2) is 5.11 Å². The van der Waals surface area contributed by atoms with Crippen molar-refractivity contribution in [1.82, 2.24) is 15.3 Å². The zero-order valence-corrected chi connectivity index (χ0v) is 21.6. The molecule has 2 aliphatic rings. The Labute approximate surface area is 217 Å². The standard InChI is InChI=1S/C27H31ClN6S/c1-19-7-6-13-33(17-19)24-15-25(34-14-12-20-8-2-3-10-22(20)18-34)31-26(30-24)32-27(35)29-16-21-9-4-5-11-23(21)28/h2-5,8-11,15,19H,6-7,12-14,16-18H2,1H3,(H2,29,30,31,32,35). The first-order chi connectivity index (χ1) is 17.0. The van der Waals surface area contributed by atoms with Crippen LogP contribution in [-0.4, -0.2) is 34.7 Å². The van der Waals surface area contributed by atoms with Crippen LogP contribution in [0.1, 0.15) is 36.5 Å². The Balaban J connectivity index is 1.36. The molecule has 3 heterocycles. The molecule has 0 saturated carbocycles. The Morgan fingerprint density at radius 3 is 2.57 bits per heavy atom. The number of benzene rings is 2. The number of halogens is 1. The molecule has 8 heteroatoms. The van der Waals surface area contributed by atoms with Crippen LogP contribution in [0.15, 0.2) is 54.6 Å². The highest BCUT2D eigenvalue weighted by Crippen LogP contribution is 2.29. The number of hydrogen-bond acceptors (Lipinski definition) is 5. The molecular formula is C27H31ClN6S. The van der Waals surface area contributed by atoms with Gasteiger partial charge in [-0.25, -0.2) is 0 Å². The van der Waals surface area contributed by atoms with Gasteiger partial charge in [-0.1, -0.05) is 61.0 Å². The number of fused-ring (bicyclic) bond motifs is 1. The monoisotopic (exact) mass is 506 g/mol. The number of nitrogens with one attached hydrogen (secondary N) is 2. The number of aromatic nitrogens is 2. The van der Waals surface area contributed by atoms with E-state index >= 15 is 0 Å². The summed E-state index contributed by atoms with van der Waals surface area (Å²) in [6.45, 7) is 6.63. The maximum absolute atomic E-state index is 6.29. The van der Waals surface area contributed by atoms with Gasteiger partial charge in [0.2, 0.25) is 5.95 Å². The fourth-order valence-electron chi connectivity index (χ4n) is 4.85. The Morgan fingerprint density at radius 1 is 1.03 bits per heavy atom. The lowest BCUT2D eigenvalue weighted by molar-refractivity contribution is 0.444. The predicted octanol–water partition coefficient (Wildman–Crippen LogP) is 5.42. The van der Waals surface area contributed by atoms with Crippen LogP contribution < -0.4 is 20.4 Å². The van der Waals surface area contributed by atoms with Crippen molar-refractivity contribution in [1.29, 1.82) is 0 Å². The minimum absolute atomic E-state index is 0.476. The summed E-state index contributed by atoms with van der Waals surface area (Å²) in [6, 6.07) is 18.6. The molecule has 2 N–H and O–H groups in total. The third-order valence-electron chi connectivity index (χ3n) is 6.76. The van der Waals surface area contributed by atoms with Gasteiger partial charge in [0.25, 0.3) is 0 Å². The number of hydrogen-bond donors (Lipinski definition) is 2. The summed E-state index contributed by atoms with van der Waals surface area (Å²) >= 11 is 11.9. The summed E-state index contributed by atoms with van der Waals surface area (Å²) in [5, 5.41) is 7.65. The molecule has 35 heavy (non-hydrogen) atoms. The Hall–Kier alpha value is -2.90. The average Bonchev–Trinajstić information content (AvgIpc) is 2.88. The number of thiocarbonyl (C=S) groups is 1. The first-order valence-electron chi connectivity index (χ1n) is 12.3. The SMILES string of the molecule is CC1CCCN(c2cc(N3CCc4ccccc4C3)nc(NC(=S)NCc3ccccc3Cl)n2)C1. The molecule has 2 aromatic carbocycles. The minimum Gasteiger partial charge on any atom is -0.358 e. The third kappa shape index (κ3) is 5.85. The summed E-state index contributed by atoms with van der Waals surface area (Å²) in [4.78, 5) is 14.5. The summed E-state index contributed by atoms with van der Waals surface area (Å²) in [7, 11) is 0. The molecule has 182 valence electrons. The van der Waals surface area contributed by atoms with Crippen LogP contribution in [0.3, 0.4) is 0 Å². The minimum atomic E-state index is 0.476. The van der Waals surface area contributed by atoms with Gasteiger partial charge in [0.1, 0.15) is 11.6 Å². The first kappa shape index (κ1) is 23.8. The van der Waals surface area contributed by atoms with Crippen LogP contribution in [0.4, 0.5) is 17.6 Å². The van der Waals surface area contributed by atoms with Crippen LogP contribution in [0.5, 0.6) is 0 Å². The fourth-order valence-corrected chi connectivity index (χ4v) is 5.22. The van der Waals surface area contributed by atoms with E-state index < -0.39 is 0 Å². The molecule has 6 nitrogen and oxygen atoms in total. The van der Waals surface area contributed by atoms with E-state index in [2.05, 4.69) is 57.7 Å². The smallest absolute Gasteiger partial charge is 0.232 e. The molecule has 0 spiro atoms. The van der Waals surface area contributed by atoms with Crippen molar-refractivity contribution in [3.05, 3.63) is 76.3 Å². The van der Waals surface area contributed by atoms with Gasteiger partial charge in [0.05, 0.1) is 0 Å². The van der Waals surface area contributed by atoms with Gasteiger partial charge in [-0.15, -0.1) is 0 Å². The van der Waals surface area contributed by atoms with E-state index in [1.165, 1.54) is 24.0 Å². The van der Waals surface area contributed by atoms with Gasteiger partial charge < -0.3 is 20.4 Å². The molecule has 0 bridgehead atoms. The van der Waals surface area contributed by atoms with Gasteiger partial charge in [0, 0.05) is 43.8 Å². The lowest BCUT2D eigenvalue weighted by atomic mass is 10.00. The van der Waals surface area contributed by atoms with Crippen molar-refractivity contribution in [2.24, 2.45) is 5.92 Å². The van der Waals surface area contributed by atoms with Gasteiger partial charge in [-0.2, -0.15) is 9.97 Å². The van der Waals surface area contributed by atoms with Gasteiger partial charge in [-0.05, 0) is 60.2 Å². The predicted molar refractivity (Wildman–Crippen MR) is 148 cm³/mol. The van der Waals surface area contributed by atoms with Crippen LogP contribution in [-0.2, 0) is 19.5 Å². The second-order valence-corrected chi connectivity index (χ2v) is 10.3. The summed E-state index contributed by atoms with van der Waals surface area (Å²) < 4.78 is 0. The van der Waals surface area contributed by atoms with E-state index in [4.69, 9.17) is 33.8 Å². The van der Waals surface area contributed by atoms with Crippen molar-refractivity contribution < 1.29 is 0 Å². The zero-order chi connectivity index (χ0) is 24.2. The van der Waals surface area contributed by atoms with Crippen molar-refractivity contribution >= 4 is 46.5 Å². The first-order valence-corrected chi connectivity index (χ1v) is 13.1. The second-order valence-electron chi connectivity index (χ2n) is 9.44. The number of anilines is 3. The maximum Gasteiger partial charge on any atom is 0.232 e. The summed E-state index contributed by atoms with van der Waals surface area (Å²) in [5.41, 5.74) is 3.77. The van der Waals surface area contributed by atoms with Crippen LogP contribution in [0.25, 0.3) is 0 Å². The molecule has 1 atom stereocenters. The molecule has 5 rings (SSSR count). The molecule has 2 aliphatic heterocycles. The van der Waals surface area contributed by atoms with Crippen molar-refractivity contribution in [2.45, 2.75) is 39.3 Å². The van der Waals surface area contributed by atoms with Gasteiger partial charge >= 0.3 is 0 Å². The van der Waals surface area contributed by atoms with Crippen molar-refractivity contribution in [3.63, 3.8) is 0 Å². The molecule has 0 aliphatic carbocycles. The van der Waals surface area contributed by atoms with E-state index in [1.54, 1.807) is 0 Å². The number of nitrogens with zero attached hydrogens (tertiary/aromatic N) is 4. The highest BCUT2D eigenvalue weighted by molar-refractivity contribution is 7.80. The molecule has 0 amide bonds. The van der Waals surface area contributed by atoms with Crippen molar-refractivity contribution in [3.8, 4) is 0 Å². The Morgan fingerprint density at radius 2 is 1.77 bits per heavy atom. The van der Waals surface area contributed by atoms with Gasteiger partial charge in [-0.3, -0.25) is 0 Å². The third-order valence-corrected chi connectivity index (χ3v) is 7.37. The second kappa shape index (κ2) is 10.8. The topological polar surface area (TPSA) is 56.3 Å². The fraction of sp³-hybridized carbons (Fsp3) is 0.370. The Bertz CT molecular complexity index is 1200. The maximum atomic E-state index is 6.29. The number of piperidine rings is 1. The van der Waals surface area contributed by atoms with E-state index in [9.17, 15) is 0 Å². The van der Waals surface area contributed by atoms with Crippen LogP contribution in [0, 0.1) is 5.92 Å². The summed E-state index contributed by atoms with van der Waals surface area (Å²) in [5.74, 6) is 3.06. The van der Waals surface area contributed by atoms with E-state index in [0.717, 1.165) is 49.8 Å². The molecule has 1 fully saturated rings. The van der Waals surface area contributed by atoms with E-state index in [-0.39, 0.29) is 0 Å². The quantitative estimate of drug-likeness (QED) is 0.448.